The van der Waals surface area contributed by atoms with E-state index in [-0.39, 0.29) is 10.5 Å². The van der Waals surface area contributed by atoms with Crippen LogP contribution in [0.15, 0.2) is 59.1 Å². The van der Waals surface area contributed by atoms with Gasteiger partial charge in [-0.2, -0.15) is 10.5 Å². The Labute approximate surface area is 147 Å². The molecule has 25 heavy (non-hydrogen) atoms. The molecule has 0 aliphatic rings. The van der Waals surface area contributed by atoms with E-state index in [1.165, 1.54) is 18.3 Å². The molecule has 126 valence electrons. The van der Waals surface area contributed by atoms with Gasteiger partial charge in [0.1, 0.15) is 17.7 Å². The Morgan fingerprint density at radius 1 is 1.04 bits per heavy atom. The first-order chi connectivity index (χ1) is 11.9. The van der Waals surface area contributed by atoms with E-state index < -0.39 is 10.0 Å². The third-order valence-electron chi connectivity index (χ3n) is 3.41. The van der Waals surface area contributed by atoms with Crippen LogP contribution in [-0.2, 0) is 10.0 Å². The van der Waals surface area contributed by atoms with Gasteiger partial charge in [0.05, 0.1) is 10.6 Å². The second-order valence-corrected chi connectivity index (χ2v) is 7.06. The van der Waals surface area contributed by atoms with Gasteiger partial charge in [0, 0.05) is 11.9 Å². The van der Waals surface area contributed by atoms with Crippen molar-refractivity contribution in [1.29, 1.82) is 10.5 Å². The average molecular weight is 352 g/mol. The Morgan fingerprint density at radius 2 is 1.68 bits per heavy atom. The minimum atomic E-state index is -3.70. The van der Waals surface area contributed by atoms with Crippen LogP contribution in [0.25, 0.3) is 0 Å². The zero-order chi connectivity index (χ0) is 18.4. The van der Waals surface area contributed by atoms with Crippen molar-refractivity contribution in [2.75, 3.05) is 10.0 Å². The number of anilines is 2. The Kier molecular flexibility index (Phi) is 5.43. The Balaban J connectivity index is 2.19. The molecular weight excluding hydrogens is 336 g/mol. The number of benzene rings is 2. The highest BCUT2D eigenvalue weighted by molar-refractivity contribution is 7.92. The number of rotatable bonds is 5. The summed E-state index contributed by atoms with van der Waals surface area (Å²) < 4.78 is 27.5. The monoisotopic (exact) mass is 352 g/mol. The topological polar surface area (TPSA) is 106 Å². The van der Waals surface area contributed by atoms with Crippen molar-refractivity contribution in [3.05, 3.63) is 65.4 Å². The zero-order valence-electron chi connectivity index (χ0n) is 13.7. The van der Waals surface area contributed by atoms with Gasteiger partial charge in [0.15, 0.2) is 0 Å². The summed E-state index contributed by atoms with van der Waals surface area (Å²) in [6.07, 6.45) is 1.26. The highest BCUT2D eigenvalue weighted by Gasteiger charge is 2.15. The summed E-state index contributed by atoms with van der Waals surface area (Å²) in [7, 11) is -3.70. The zero-order valence-corrected chi connectivity index (χ0v) is 14.6. The van der Waals surface area contributed by atoms with Crippen LogP contribution >= 0.6 is 0 Å². The van der Waals surface area contributed by atoms with Crippen LogP contribution in [0.2, 0.25) is 0 Å². The maximum Gasteiger partial charge on any atom is 0.261 e. The number of sulfonamides is 1. The third-order valence-corrected chi connectivity index (χ3v) is 4.80. The largest absolute Gasteiger partial charge is 0.360 e. The van der Waals surface area contributed by atoms with Gasteiger partial charge < -0.3 is 5.32 Å². The molecule has 7 heteroatoms. The minimum absolute atomic E-state index is 0.0757. The summed E-state index contributed by atoms with van der Waals surface area (Å²) in [5.74, 6) is 0. The molecule has 0 aliphatic carbocycles. The molecule has 0 amide bonds. The molecule has 0 fully saturated rings. The van der Waals surface area contributed by atoms with E-state index >= 15 is 0 Å². The molecule has 0 bridgehead atoms. The maximum atomic E-state index is 12.5. The standard InChI is InChI=1S/C18H16N4O2S/c1-13-3-8-18(14(2)9-13)22-25(23,24)17-6-4-16(5-7-17)21-12-15(10-19)11-20/h3-9,12,21-22H,1-2H3. The summed E-state index contributed by atoms with van der Waals surface area (Å²) in [4.78, 5) is 0.114. The third kappa shape index (κ3) is 4.60. The van der Waals surface area contributed by atoms with Gasteiger partial charge in [-0.05, 0) is 49.7 Å². The smallest absolute Gasteiger partial charge is 0.261 e. The fourth-order valence-corrected chi connectivity index (χ4v) is 3.24. The van der Waals surface area contributed by atoms with Crippen molar-refractivity contribution in [2.45, 2.75) is 18.7 Å². The molecule has 0 heterocycles. The van der Waals surface area contributed by atoms with Gasteiger partial charge in [-0.25, -0.2) is 8.42 Å². The lowest BCUT2D eigenvalue weighted by atomic mass is 10.1. The normalized spacial score (nSPS) is 10.2. The number of nitrogens with one attached hydrogen (secondary N) is 2. The van der Waals surface area contributed by atoms with E-state index in [4.69, 9.17) is 10.5 Å². The van der Waals surface area contributed by atoms with Crippen molar-refractivity contribution in [1.82, 2.24) is 0 Å². The molecule has 0 saturated carbocycles. The van der Waals surface area contributed by atoms with Crippen LogP contribution in [-0.4, -0.2) is 8.42 Å². The van der Waals surface area contributed by atoms with Crippen LogP contribution in [0.3, 0.4) is 0 Å². The molecule has 2 rings (SSSR count). The summed E-state index contributed by atoms with van der Waals surface area (Å²) >= 11 is 0. The summed E-state index contributed by atoms with van der Waals surface area (Å²) in [6, 6.07) is 14.9. The fourth-order valence-electron chi connectivity index (χ4n) is 2.11. The first-order valence-corrected chi connectivity index (χ1v) is 8.81. The molecule has 0 spiro atoms. The van der Waals surface area contributed by atoms with Crippen LogP contribution in [0, 0.1) is 36.5 Å². The summed E-state index contributed by atoms with van der Waals surface area (Å²) in [5, 5.41) is 20.1. The summed E-state index contributed by atoms with van der Waals surface area (Å²) in [6.45, 7) is 3.78. The number of nitriles is 2. The van der Waals surface area contributed by atoms with Crippen LogP contribution < -0.4 is 10.0 Å². The quantitative estimate of drug-likeness (QED) is 0.802. The molecule has 0 saturated heterocycles. The highest BCUT2D eigenvalue weighted by Crippen LogP contribution is 2.21. The maximum absolute atomic E-state index is 12.5. The first-order valence-electron chi connectivity index (χ1n) is 7.33. The molecule has 2 aromatic rings. The molecule has 6 nitrogen and oxygen atoms in total. The number of hydrogen-bond acceptors (Lipinski definition) is 5. The number of aryl methyl sites for hydroxylation is 2. The molecule has 0 radical (unpaired) electrons. The molecular formula is C18H16N4O2S. The van der Waals surface area contributed by atoms with Crippen molar-refractivity contribution < 1.29 is 8.42 Å². The van der Waals surface area contributed by atoms with Crippen molar-refractivity contribution >= 4 is 21.4 Å². The van der Waals surface area contributed by atoms with E-state index in [2.05, 4.69) is 10.0 Å². The van der Waals surface area contributed by atoms with Gasteiger partial charge >= 0.3 is 0 Å². The van der Waals surface area contributed by atoms with Crippen LogP contribution in [0.1, 0.15) is 11.1 Å². The Hall–Kier alpha value is -3.29. The Bertz CT molecular complexity index is 979. The predicted molar refractivity (Wildman–Crippen MR) is 96.1 cm³/mol. The molecule has 0 atom stereocenters. The lowest BCUT2D eigenvalue weighted by Crippen LogP contribution is -2.13. The van der Waals surface area contributed by atoms with Crippen molar-refractivity contribution in [3.8, 4) is 12.1 Å². The first kappa shape index (κ1) is 18.1. The fraction of sp³-hybridized carbons (Fsp3) is 0.111. The van der Waals surface area contributed by atoms with Gasteiger partial charge in [0.25, 0.3) is 10.0 Å². The average Bonchev–Trinajstić information content (AvgIpc) is 2.59. The second-order valence-electron chi connectivity index (χ2n) is 5.37. The number of hydrogen-bond donors (Lipinski definition) is 2. The minimum Gasteiger partial charge on any atom is -0.360 e. The molecule has 2 N–H and O–H groups in total. The highest BCUT2D eigenvalue weighted by atomic mass is 32.2. The van der Waals surface area contributed by atoms with Crippen molar-refractivity contribution in [3.63, 3.8) is 0 Å². The lowest BCUT2D eigenvalue weighted by Gasteiger charge is -2.11. The number of nitrogens with zero attached hydrogens (tertiary/aromatic N) is 2. The van der Waals surface area contributed by atoms with Crippen LogP contribution in [0.5, 0.6) is 0 Å². The van der Waals surface area contributed by atoms with Crippen molar-refractivity contribution in [2.24, 2.45) is 0 Å². The van der Waals surface area contributed by atoms with E-state index in [1.54, 1.807) is 30.3 Å². The molecule has 2 aromatic carbocycles. The second kappa shape index (κ2) is 7.52. The van der Waals surface area contributed by atoms with Gasteiger partial charge in [0.2, 0.25) is 0 Å². The predicted octanol–water partition coefficient (Wildman–Crippen LogP) is 3.45. The SMILES string of the molecule is Cc1ccc(NS(=O)(=O)c2ccc(NC=C(C#N)C#N)cc2)c(C)c1. The number of allylic oxidation sites excluding steroid dienone is 1. The van der Waals surface area contributed by atoms with E-state index in [0.717, 1.165) is 11.1 Å². The van der Waals surface area contributed by atoms with Gasteiger partial charge in [-0.1, -0.05) is 17.7 Å². The van der Waals surface area contributed by atoms with E-state index in [0.29, 0.717) is 11.4 Å². The Morgan fingerprint density at radius 3 is 2.24 bits per heavy atom. The van der Waals surface area contributed by atoms with Crippen LogP contribution in [0.4, 0.5) is 11.4 Å². The molecule has 0 aliphatic heterocycles. The summed E-state index contributed by atoms with van der Waals surface area (Å²) in [5.41, 5.74) is 2.91. The van der Waals surface area contributed by atoms with Gasteiger partial charge in [-0.3, -0.25) is 4.72 Å². The lowest BCUT2D eigenvalue weighted by molar-refractivity contribution is 0.601. The molecule has 0 aromatic heterocycles. The molecule has 0 unspecified atom stereocenters. The van der Waals surface area contributed by atoms with E-state index in [9.17, 15) is 8.42 Å². The van der Waals surface area contributed by atoms with E-state index in [1.807, 2.05) is 26.0 Å². The van der Waals surface area contributed by atoms with Gasteiger partial charge in [-0.15, -0.1) is 0 Å².